The molecule has 0 aliphatic heterocycles. The molecule has 1 saturated carbocycles. The third-order valence-corrected chi connectivity index (χ3v) is 3.60. The summed E-state index contributed by atoms with van der Waals surface area (Å²) in [5, 5.41) is 11.4. The maximum absolute atomic E-state index is 12.3. The summed E-state index contributed by atoms with van der Waals surface area (Å²) >= 11 is 0. The number of ether oxygens (including phenoxy) is 2. The topological polar surface area (TPSA) is 84.9 Å². The number of carboxylic acid groups (broad SMARTS) is 1. The third kappa shape index (κ3) is 4.54. The third-order valence-electron chi connectivity index (χ3n) is 3.60. The second-order valence-electron chi connectivity index (χ2n) is 5.19. The smallest absolute Gasteiger partial charge is 0.387 e. The maximum atomic E-state index is 12.3. The van der Waals surface area contributed by atoms with Crippen molar-refractivity contribution >= 4 is 11.9 Å². The Morgan fingerprint density at radius 1 is 1.35 bits per heavy atom. The zero-order valence-electron chi connectivity index (χ0n) is 12.4. The number of rotatable bonds is 8. The second-order valence-corrected chi connectivity index (χ2v) is 5.19. The lowest BCUT2D eigenvalue weighted by molar-refractivity contribution is -0.140. The maximum Gasteiger partial charge on any atom is 0.387 e. The van der Waals surface area contributed by atoms with Crippen LogP contribution in [0, 0.1) is 11.8 Å². The molecule has 0 spiro atoms. The molecular weight excluding hydrogens is 312 g/mol. The minimum atomic E-state index is -2.96. The van der Waals surface area contributed by atoms with Gasteiger partial charge in [-0.2, -0.15) is 8.78 Å². The molecule has 1 aromatic rings. The van der Waals surface area contributed by atoms with E-state index in [0.29, 0.717) is 18.4 Å². The Hall–Kier alpha value is -2.38. The van der Waals surface area contributed by atoms with Crippen LogP contribution < -0.4 is 14.8 Å². The molecule has 23 heavy (non-hydrogen) atoms. The fourth-order valence-electron chi connectivity index (χ4n) is 2.28. The Morgan fingerprint density at radius 3 is 2.65 bits per heavy atom. The van der Waals surface area contributed by atoms with E-state index in [1.54, 1.807) is 6.07 Å². The van der Waals surface area contributed by atoms with Gasteiger partial charge in [0.15, 0.2) is 11.5 Å². The van der Waals surface area contributed by atoms with Crippen molar-refractivity contribution in [1.29, 1.82) is 0 Å². The first kappa shape index (κ1) is 17.0. The van der Waals surface area contributed by atoms with Gasteiger partial charge in [0, 0.05) is 6.54 Å². The number of hydrogen-bond acceptors (Lipinski definition) is 4. The molecule has 1 fully saturated rings. The number of carbonyl (C=O) groups is 2. The normalized spacial score (nSPS) is 19.3. The average molecular weight is 329 g/mol. The van der Waals surface area contributed by atoms with Crippen LogP contribution in [0.15, 0.2) is 18.2 Å². The number of amides is 1. The summed E-state index contributed by atoms with van der Waals surface area (Å²) in [5.74, 6) is -2.20. The molecule has 0 bridgehead atoms. The van der Waals surface area contributed by atoms with Crippen molar-refractivity contribution in [2.75, 3.05) is 13.7 Å². The summed E-state index contributed by atoms with van der Waals surface area (Å²) in [6.45, 7) is -2.68. The highest BCUT2D eigenvalue weighted by atomic mass is 19.3. The van der Waals surface area contributed by atoms with Crippen LogP contribution in [0.4, 0.5) is 8.78 Å². The summed E-state index contributed by atoms with van der Waals surface area (Å²) in [6, 6.07) is 4.62. The number of hydrogen-bond donors (Lipinski definition) is 2. The fourth-order valence-corrected chi connectivity index (χ4v) is 2.28. The summed E-state index contributed by atoms with van der Waals surface area (Å²) in [7, 11) is 1.35. The molecule has 1 aromatic carbocycles. The first-order valence-electron chi connectivity index (χ1n) is 7.04. The molecule has 126 valence electrons. The number of benzene rings is 1. The van der Waals surface area contributed by atoms with Crippen LogP contribution >= 0.6 is 0 Å². The number of alkyl halides is 2. The standard InChI is InChI=1S/C15H17F2NO5/c1-22-11-3-2-8(6-12(11)23-15(16)17)4-5-18-13(19)9-7-10(9)14(20)21/h2-3,6,9-10,15H,4-5,7H2,1H3,(H,18,19)(H,20,21). The largest absolute Gasteiger partial charge is 0.493 e. The molecule has 2 atom stereocenters. The minimum absolute atomic E-state index is 0.0699. The summed E-state index contributed by atoms with van der Waals surface area (Å²) < 4.78 is 34.0. The molecule has 1 aliphatic rings. The van der Waals surface area contributed by atoms with E-state index < -0.39 is 24.4 Å². The van der Waals surface area contributed by atoms with Crippen molar-refractivity contribution in [1.82, 2.24) is 5.32 Å². The predicted octanol–water partition coefficient (Wildman–Crippen LogP) is 1.68. The van der Waals surface area contributed by atoms with E-state index in [2.05, 4.69) is 10.1 Å². The van der Waals surface area contributed by atoms with Crippen LogP contribution in [0.2, 0.25) is 0 Å². The molecule has 0 saturated heterocycles. The van der Waals surface area contributed by atoms with Crippen LogP contribution in [0.25, 0.3) is 0 Å². The van der Waals surface area contributed by atoms with Crippen LogP contribution in [0.5, 0.6) is 11.5 Å². The molecule has 8 heteroatoms. The number of aliphatic carboxylic acids is 1. The van der Waals surface area contributed by atoms with Crippen molar-refractivity contribution in [2.45, 2.75) is 19.5 Å². The molecule has 2 rings (SSSR count). The molecule has 2 unspecified atom stereocenters. The zero-order chi connectivity index (χ0) is 17.0. The quantitative estimate of drug-likeness (QED) is 0.758. The second kappa shape index (κ2) is 7.26. The van der Waals surface area contributed by atoms with Gasteiger partial charge < -0.3 is 19.9 Å². The monoisotopic (exact) mass is 329 g/mol. The first-order chi connectivity index (χ1) is 10.9. The van der Waals surface area contributed by atoms with Gasteiger partial charge in [0.25, 0.3) is 0 Å². The lowest BCUT2D eigenvalue weighted by Gasteiger charge is -2.12. The van der Waals surface area contributed by atoms with E-state index in [-0.39, 0.29) is 24.0 Å². The number of carboxylic acids is 1. The van der Waals surface area contributed by atoms with Gasteiger partial charge in [-0.1, -0.05) is 6.07 Å². The van der Waals surface area contributed by atoms with E-state index in [4.69, 9.17) is 9.84 Å². The van der Waals surface area contributed by atoms with Gasteiger partial charge in [-0.25, -0.2) is 0 Å². The first-order valence-corrected chi connectivity index (χ1v) is 7.04. The number of carbonyl (C=O) groups excluding carboxylic acids is 1. The molecule has 0 aromatic heterocycles. The highest BCUT2D eigenvalue weighted by Crippen LogP contribution is 2.38. The Bertz CT molecular complexity index is 593. The fraction of sp³-hybridized carbons (Fsp3) is 0.467. The lowest BCUT2D eigenvalue weighted by atomic mass is 10.1. The van der Waals surface area contributed by atoms with Crippen LogP contribution in [-0.2, 0) is 16.0 Å². The van der Waals surface area contributed by atoms with E-state index >= 15 is 0 Å². The minimum Gasteiger partial charge on any atom is -0.493 e. The van der Waals surface area contributed by atoms with E-state index in [1.165, 1.54) is 19.2 Å². The Labute approximate surface area is 131 Å². The van der Waals surface area contributed by atoms with E-state index in [1.807, 2.05) is 0 Å². The van der Waals surface area contributed by atoms with E-state index in [9.17, 15) is 18.4 Å². The van der Waals surface area contributed by atoms with Gasteiger partial charge in [-0.3, -0.25) is 9.59 Å². The molecule has 0 heterocycles. The molecule has 2 N–H and O–H groups in total. The Balaban J connectivity index is 1.86. The summed E-state index contributed by atoms with van der Waals surface area (Å²) in [5.41, 5.74) is 0.687. The van der Waals surface area contributed by atoms with Crippen LogP contribution in [0.3, 0.4) is 0 Å². The summed E-state index contributed by atoms with van der Waals surface area (Å²) in [6.07, 6.45) is 0.760. The molecule has 1 amide bonds. The van der Waals surface area contributed by atoms with Gasteiger partial charge in [-0.15, -0.1) is 0 Å². The Kier molecular flexibility index (Phi) is 5.36. The molecule has 6 nitrogen and oxygen atoms in total. The zero-order valence-corrected chi connectivity index (χ0v) is 12.4. The van der Waals surface area contributed by atoms with Crippen molar-refractivity contribution in [2.24, 2.45) is 11.8 Å². The van der Waals surface area contributed by atoms with Crippen molar-refractivity contribution in [3.63, 3.8) is 0 Å². The highest BCUT2D eigenvalue weighted by molar-refractivity contribution is 5.89. The predicted molar refractivity (Wildman–Crippen MR) is 75.6 cm³/mol. The van der Waals surface area contributed by atoms with Gasteiger partial charge >= 0.3 is 12.6 Å². The van der Waals surface area contributed by atoms with E-state index in [0.717, 1.165) is 0 Å². The number of nitrogens with one attached hydrogen (secondary N) is 1. The lowest BCUT2D eigenvalue weighted by Crippen LogP contribution is -2.28. The molecular formula is C15H17F2NO5. The highest BCUT2D eigenvalue weighted by Gasteiger charge is 2.48. The molecule has 1 aliphatic carbocycles. The van der Waals surface area contributed by atoms with Crippen molar-refractivity contribution in [3.8, 4) is 11.5 Å². The van der Waals surface area contributed by atoms with Crippen LogP contribution in [-0.4, -0.2) is 37.2 Å². The van der Waals surface area contributed by atoms with Crippen molar-refractivity contribution in [3.05, 3.63) is 23.8 Å². The summed E-state index contributed by atoms with van der Waals surface area (Å²) in [4.78, 5) is 22.4. The molecule has 0 radical (unpaired) electrons. The number of methoxy groups -OCH3 is 1. The van der Waals surface area contributed by atoms with Gasteiger partial charge in [0.2, 0.25) is 5.91 Å². The van der Waals surface area contributed by atoms with Crippen LogP contribution in [0.1, 0.15) is 12.0 Å². The Morgan fingerprint density at radius 2 is 2.09 bits per heavy atom. The van der Waals surface area contributed by atoms with Gasteiger partial charge in [0.1, 0.15) is 0 Å². The van der Waals surface area contributed by atoms with Crippen molar-refractivity contribution < 1.29 is 33.0 Å². The number of halogens is 2. The SMILES string of the molecule is COc1ccc(CCNC(=O)C2CC2C(=O)O)cc1OC(F)F. The van der Waals surface area contributed by atoms with Gasteiger partial charge in [0.05, 0.1) is 18.9 Å². The average Bonchev–Trinajstić information content (AvgIpc) is 3.27. The van der Waals surface area contributed by atoms with Gasteiger partial charge in [-0.05, 0) is 30.5 Å².